The van der Waals surface area contributed by atoms with Crippen molar-refractivity contribution in [2.45, 2.75) is 52.1 Å². The van der Waals surface area contributed by atoms with E-state index in [-0.39, 0.29) is 13.0 Å². The Bertz CT molecular complexity index is 221. The van der Waals surface area contributed by atoms with Crippen LogP contribution in [0.2, 0.25) is 0 Å². The normalized spacial score (nSPS) is 14.4. The summed E-state index contributed by atoms with van der Waals surface area (Å²) in [6.45, 7) is 5.23. The van der Waals surface area contributed by atoms with Crippen LogP contribution in [0.3, 0.4) is 0 Å². The molecule has 4 nitrogen and oxygen atoms in total. The fraction of sp³-hybridized carbons (Fsp3) is 0.818. The van der Waals surface area contributed by atoms with E-state index in [1.807, 2.05) is 13.8 Å². The largest absolute Gasteiger partial charge is 0.463 e. The zero-order valence-corrected chi connectivity index (χ0v) is 9.71. The maximum Gasteiger partial charge on any atom is 0.345 e. The Kier molecular flexibility index (Phi) is 6.17. The number of hydrogen-bond donors (Lipinski definition) is 1. The molecule has 0 bridgehead atoms. The third-order valence-corrected chi connectivity index (χ3v) is 2.15. The molecule has 0 aromatic rings. The lowest BCUT2D eigenvalue weighted by molar-refractivity contribution is -0.168. The smallest absolute Gasteiger partial charge is 0.345 e. The molecule has 0 aliphatic heterocycles. The molecule has 88 valence electrons. The summed E-state index contributed by atoms with van der Waals surface area (Å²) in [4.78, 5) is 22.8. The van der Waals surface area contributed by atoms with E-state index >= 15 is 0 Å². The van der Waals surface area contributed by atoms with Crippen LogP contribution in [0.5, 0.6) is 0 Å². The van der Waals surface area contributed by atoms with Crippen molar-refractivity contribution in [2.24, 2.45) is 0 Å². The third kappa shape index (κ3) is 4.42. The van der Waals surface area contributed by atoms with Gasteiger partial charge in [-0.25, -0.2) is 4.79 Å². The van der Waals surface area contributed by atoms with E-state index in [0.717, 1.165) is 12.8 Å². The minimum atomic E-state index is -1.98. The number of ketones is 1. The number of ether oxygens (including phenoxy) is 1. The maximum absolute atomic E-state index is 11.4. The highest BCUT2D eigenvalue weighted by molar-refractivity contribution is 6.06. The fourth-order valence-electron chi connectivity index (χ4n) is 1.03. The van der Waals surface area contributed by atoms with Gasteiger partial charge in [0, 0.05) is 6.42 Å². The van der Waals surface area contributed by atoms with Crippen LogP contribution in [0.1, 0.15) is 46.5 Å². The molecule has 4 heteroatoms. The molecule has 0 unspecified atom stereocenters. The van der Waals surface area contributed by atoms with Crippen LogP contribution in [0.4, 0.5) is 0 Å². The number of Topliss-reactive ketones (excluding diaryl/α,β-unsaturated/α-hetero) is 1. The first-order valence-electron chi connectivity index (χ1n) is 5.39. The van der Waals surface area contributed by atoms with Gasteiger partial charge in [0.15, 0.2) is 5.78 Å². The van der Waals surface area contributed by atoms with Gasteiger partial charge in [-0.15, -0.1) is 0 Å². The molecular weight excluding hydrogens is 196 g/mol. The number of esters is 1. The van der Waals surface area contributed by atoms with Gasteiger partial charge in [0.1, 0.15) is 0 Å². The lowest BCUT2D eigenvalue weighted by Gasteiger charge is -2.19. The molecule has 1 atom stereocenters. The van der Waals surface area contributed by atoms with Crippen molar-refractivity contribution in [2.75, 3.05) is 6.61 Å². The van der Waals surface area contributed by atoms with Crippen molar-refractivity contribution < 1.29 is 19.4 Å². The van der Waals surface area contributed by atoms with Gasteiger partial charge in [-0.3, -0.25) is 4.79 Å². The van der Waals surface area contributed by atoms with E-state index in [2.05, 4.69) is 0 Å². The SMILES string of the molecule is CCCCOC(=O)[C@@](C)(O)C(=O)CCC. The number of hydrogen-bond acceptors (Lipinski definition) is 4. The minimum Gasteiger partial charge on any atom is -0.463 e. The Morgan fingerprint density at radius 3 is 2.33 bits per heavy atom. The maximum atomic E-state index is 11.4. The molecule has 1 N–H and O–H groups in total. The first-order chi connectivity index (χ1) is 6.96. The summed E-state index contributed by atoms with van der Waals surface area (Å²) < 4.78 is 4.80. The van der Waals surface area contributed by atoms with Crippen LogP contribution in [0.25, 0.3) is 0 Å². The van der Waals surface area contributed by atoms with Crippen molar-refractivity contribution in [3.05, 3.63) is 0 Å². The van der Waals surface area contributed by atoms with Crippen LogP contribution >= 0.6 is 0 Å². The van der Waals surface area contributed by atoms with Gasteiger partial charge < -0.3 is 9.84 Å². The van der Waals surface area contributed by atoms with Gasteiger partial charge in [-0.05, 0) is 19.8 Å². The molecule has 0 saturated heterocycles. The van der Waals surface area contributed by atoms with Crippen LogP contribution in [-0.4, -0.2) is 29.1 Å². The van der Waals surface area contributed by atoms with Crippen molar-refractivity contribution in [1.82, 2.24) is 0 Å². The predicted octanol–water partition coefficient (Wildman–Crippen LogP) is 1.45. The summed E-state index contributed by atoms with van der Waals surface area (Å²) in [7, 11) is 0. The Labute approximate surface area is 90.6 Å². The van der Waals surface area contributed by atoms with Gasteiger partial charge in [-0.2, -0.15) is 0 Å². The molecule has 0 amide bonds. The van der Waals surface area contributed by atoms with Crippen molar-refractivity contribution in [3.8, 4) is 0 Å². The molecule has 0 saturated carbocycles. The van der Waals surface area contributed by atoms with Crippen molar-refractivity contribution in [1.29, 1.82) is 0 Å². The summed E-state index contributed by atoms with van der Waals surface area (Å²) in [5.41, 5.74) is -1.98. The monoisotopic (exact) mass is 216 g/mol. The second-order valence-electron chi connectivity index (χ2n) is 3.73. The fourth-order valence-corrected chi connectivity index (χ4v) is 1.03. The van der Waals surface area contributed by atoms with Crippen LogP contribution in [0.15, 0.2) is 0 Å². The summed E-state index contributed by atoms with van der Waals surface area (Å²) >= 11 is 0. The topological polar surface area (TPSA) is 63.6 Å². The molecule has 0 aliphatic rings. The second kappa shape index (κ2) is 6.56. The lowest BCUT2D eigenvalue weighted by Crippen LogP contribution is -2.44. The number of carbonyl (C=O) groups excluding carboxylic acids is 2. The Hall–Kier alpha value is -0.900. The number of aliphatic hydroxyl groups is 1. The highest BCUT2D eigenvalue weighted by atomic mass is 16.5. The van der Waals surface area contributed by atoms with Gasteiger partial charge in [0.25, 0.3) is 0 Å². The molecule has 0 aliphatic carbocycles. The standard InChI is InChI=1S/C11H20O4/c1-4-6-8-15-10(13)11(3,14)9(12)7-5-2/h14H,4-8H2,1-3H3/t11-/m0/s1. The van der Waals surface area contributed by atoms with Crippen LogP contribution in [0, 0.1) is 0 Å². The van der Waals surface area contributed by atoms with E-state index in [1.54, 1.807) is 0 Å². The Morgan fingerprint density at radius 1 is 1.27 bits per heavy atom. The zero-order chi connectivity index (χ0) is 11.9. The molecule has 0 fully saturated rings. The summed E-state index contributed by atoms with van der Waals surface area (Å²) in [6, 6.07) is 0. The highest BCUT2D eigenvalue weighted by Crippen LogP contribution is 2.12. The van der Waals surface area contributed by atoms with Gasteiger partial charge in [0.05, 0.1) is 6.61 Å². The molecular formula is C11H20O4. The molecule has 0 heterocycles. The summed E-state index contributed by atoms with van der Waals surface area (Å²) in [5.74, 6) is -1.32. The molecule has 0 rings (SSSR count). The third-order valence-electron chi connectivity index (χ3n) is 2.15. The number of unbranched alkanes of at least 4 members (excludes halogenated alkanes) is 1. The molecule has 0 aromatic heterocycles. The highest BCUT2D eigenvalue weighted by Gasteiger charge is 2.39. The summed E-state index contributed by atoms with van der Waals surface area (Å²) in [6.07, 6.45) is 2.44. The lowest BCUT2D eigenvalue weighted by atomic mass is 9.98. The summed E-state index contributed by atoms with van der Waals surface area (Å²) in [5, 5.41) is 9.66. The van der Waals surface area contributed by atoms with E-state index in [9.17, 15) is 14.7 Å². The first kappa shape index (κ1) is 14.1. The quantitative estimate of drug-likeness (QED) is 0.397. The second-order valence-corrected chi connectivity index (χ2v) is 3.73. The Morgan fingerprint density at radius 2 is 1.87 bits per heavy atom. The Balaban J connectivity index is 4.19. The van der Waals surface area contributed by atoms with Gasteiger partial charge >= 0.3 is 5.97 Å². The number of carbonyl (C=O) groups is 2. The molecule has 0 radical (unpaired) electrons. The average Bonchev–Trinajstić information content (AvgIpc) is 2.18. The van der Waals surface area contributed by atoms with Gasteiger partial charge in [-0.1, -0.05) is 20.3 Å². The molecule has 15 heavy (non-hydrogen) atoms. The van der Waals surface area contributed by atoms with Crippen molar-refractivity contribution in [3.63, 3.8) is 0 Å². The average molecular weight is 216 g/mol. The van der Waals surface area contributed by atoms with Crippen LogP contribution < -0.4 is 0 Å². The van der Waals surface area contributed by atoms with E-state index in [0.29, 0.717) is 6.42 Å². The zero-order valence-electron chi connectivity index (χ0n) is 9.71. The first-order valence-corrected chi connectivity index (χ1v) is 5.39. The van der Waals surface area contributed by atoms with E-state index in [4.69, 9.17) is 4.74 Å². The van der Waals surface area contributed by atoms with E-state index in [1.165, 1.54) is 6.92 Å². The minimum absolute atomic E-state index is 0.190. The molecule has 0 spiro atoms. The van der Waals surface area contributed by atoms with Crippen LogP contribution in [-0.2, 0) is 14.3 Å². The van der Waals surface area contributed by atoms with Gasteiger partial charge in [0.2, 0.25) is 5.60 Å². The molecule has 0 aromatic carbocycles. The number of rotatable bonds is 7. The van der Waals surface area contributed by atoms with Crippen molar-refractivity contribution >= 4 is 11.8 Å². The predicted molar refractivity (Wildman–Crippen MR) is 56.4 cm³/mol. The van der Waals surface area contributed by atoms with E-state index < -0.39 is 17.4 Å².